The second kappa shape index (κ2) is 3.09. The highest BCUT2D eigenvalue weighted by Gasteiger charge is 2.22. The largest absolute Gasteiger partial charge is 0.453 e. The van der Waals surface area contributed by atoms with Crippen LogP contribution in [0.15, 0.2) is 12.1 Å². The Hall–Kier alpha value is -0.930. The van der Waals surface area contributed by atoms with Gasteiger partial charge in [0.2, 0.25) is 6.79 Å². The van der Waals surface area contributed by atoms with E-state index in [0.29, 0.717) is 16.5 Å². The Bertz CT molecular complexity index is 339. The summed E-state index contributed by atoms with van der Waals surface area (Å²) in [5.74, 6) is 1.29. The number of nitrogens with two attached hydrogens (primary N) is 1. The molecule has 0 saturated heterocycles. The van der Waals surface area contributed by atoms with Crippen molar-refractivity contribution in [1.29, 1.82) is 0 Å². The van der Waals surface area contributed by atoms with Crippen LogP contribution in [0.25, 0.3) is 0 Å². The first kappa shape index (κ1) is 8.66. The summed E-state index contributed by atoms with van der Waals surface area (Å²) in [6, 6.07) is 3.56. The average Bonchev–Trinajstić information content (AvgIpc) is 2.53. The highest BCUT2D eigenvalue weighted by atomic mass is 35.5. The fourth-order valence-electron chi connectivity index (χ4n) is 1.34. The fourth-order valence-corrected chi connectivity index (χ4v) is 1.55. The van der Waals surface area contributed by atoms with Crippen molar-refractivity contribution < 1.29 is 9.47 Å². The second-order valence-electron chi connectivity index (χ2n) is 2.99. The van der Waals surface area contributed by atoms with Crippen molar-refractivity contribution in [3.05, 3.63) is 22.7 Å². The molecule has 1 aliphatic rings. The molecule has 1 aliphatic heterocycles. The van der Waals surface area contributed by atoms with Gasteiger partial charge >= 0.3 is 0 Å². The van der Waals surface area contributed by atoms with E-state index in [1.807, 2.05) is 13.0 Å². The van der Waals surface area contributed by atoms with Crippen LogP contribution in [-0.4, -0.2) is 6.79 Å². The maximum absolute atomic E-state index is 5.90. The molecule has 1 heterocycles. The molecular formula is C9H10ClNO2. The van der Waals surface area contributed by atoms with Crippen molar-refractivity contribution in [3.8, 4) is 11.5 Å². The molecule has 2 rings (SSSR count). The highest BCUT2D eigenvalue weighted by Crippen LogP contribution is 2.43. The summed E-state index contributed by atoms with van der Waals surface area (Å²) < 4.78 is 10.5. The van der Waals surface area contributed by atoms with E-state index in [2.05, 4.69) is 0 Å². The van der Waals surface area contributed by atoms with Gasteiger partial charge in [-0.3, -0.25) is 0 Å². The lowest BCUT2D eigenvalue weighted by atomic mass is 10.1. The summed E-state index contributed by atoms with van der Waals surface area (Å²) in [4.78, 5) is 0. The Kier molecular flexibility index (Phi) is 2.06. The van der Waals surface area contributed by atoms with Crippen LogP contribution in [0.5, 0.6) is 11.5 Å². The number of hydrogen-bond acceptors (Lipinski definition) is 3. The summed E-state index contributed by atoms with van der Waals surface area (Å²) in [7, 11) is 0. The smallest absolute Gasteiger partial charge is 0.231 e. The summed E-state index contributed by atoms with van der Waals surface area (Å²) in [5, 5.41) is 0.567. The molecule has 1 aromatic rings. The molecule has 70 valence electrons. The number of hydrogen-bond donors (Lipinski definition) is 1. The first-order chi connectivity index (χ1) is 6.20. The zero-order chi connectivity index (χ0) is 9.42. The van der Waals surface area contributed by atoms with E-state index in [4.69, 9.17) is 26.8 Å². The number of halogens is 1. The minimum Gasteiger partial charge on any atom is -0.453 e. The number of ether oxygens (including phenoxy) is 2. The summed E-state index contributed by atoms with van der Waals surface area (Å²) in [5.41, 5.74) is 6.69. The van der Waals surface area contributed by atoms with Crippen molar-refractivity contribution in [2.24, 2.45) is 5.73 Å². The monoisotopic (exact) mass is 199 g/mol. The molecule has 0 spiro atoms. The van der Waals surface area contributed by atoms with Crippen molar-refractivity contribution in [3.63, 3.8) is 0 Å². The van der Waals surface area contributed by atoms with E-state index in [1.165, 1.54) is 0 Å². The molecule has 1 unspecified atom stereocenters. The summed E-state index contributed by atoms with van der Waals surface area (Å²) in [6.07, 6.45) is 0. The molecule has 0 aromatic heterocycles. The van der Waals surface area contributed by atoms with Crippen molar-refractivity contribution in [2.75, 3.05) is 6.79 Å². The van der Waals surface area contributed by atoms with Crippen LogP contribution in [0.2, 0.25) is 5.02 Å². The van der Waals surface area contributed by atoms with Crippen LogP contribution in [0.4, 0.5) is 0 Å². The predicted molar refractivity (Wildman–Crippen MR) is 50.2 cm³/mol. The summed E-state index contributed by atoms with van der Waals surface area (Å²) in [6.45, 7) is 2.12. The van der Waals surface area contributed by atoms with Gasteiger partial charge in [0.25, 0.3) is 0 Å². The molecule has 13 heavy (non-hydrogen) atoms. The fraction of sp³-hybridized carbons (Fsp3) is 0.333. The molecular weight excluding hydrogens is 190 g/mol. The average molecular weight is 200 g/mol. The Morgan fingerprint density at radius 1 is 1.38 bits per heavy atom. The lowest BCUT2D eigenvalue weighted by molar-refractivity contribution is 0.173. The minimum atomic E-state index is -0.0762. The van der Waals surface area contributed by atoms with E-state index >= 15 is 0 Å². The topological polar surface area (TPSA) is 44.5 Å². The zero-order valence-corrected chi connectivity index (χ0v) is 7.97. The number of rotatable bonds is 1. The third-order valence-corrected chi connectivity index (χ3v) is 2.29. The molecule has 2 N–H and O–H groups in total. The van der Waals surface area contributed by atoms with Crippen LogP contribution >= 0.6 is 11.6 Å². The normalized spacial score (nSPS) is 15.9. The Balaban J connectivity index is 2.56. The minimum absolute atomic E-state index is 0.0762. The van der Waals surface area contributed by atoms with Crippen LogP contribution < -0.4 is 15.2 Å². The predicted octanol–water partition coefficient (Wildman–Crippen LogP) is 2.09. The van der Waals surface area contributed by atoms with Crippen molar-refractivity contribution >= 4 is 11.6 Å². The van der Waals surface area contributed by atoms with E-state index in [1.54, 1.807) is 6.07 Å². The quantitative estimate of drug-likeness (QED) is 0.753. The van der Waals surface area contributed by atoms with E-state index in [-0.39, 0.29) is 12.8 Å². The lowest BCUT2D eigenvalue weighted by Crippen LogP contribution is -2.06. The SMILES string of the molecule is CC(N)c1ccc(Cl)c2c1OCO2. The Morgan fingerprint density at radius 3 is 2.77 bits per heavy atom. The maximum atomic E-state index is 5.90. The van der Waals surface area contributed by atoms with Crippen LogP contribution in [0.1, 0.15) is 18.5 Å². The van der Waals surface area contributed by atoms with Gasteiger partial charge in [-0.05, 0) is 13.0 Å². The first-order valence-electron chi connectivity index (χ1n) is 4.03. The summed E-state index contributed by atoms with van der Waals surface area (Å²) >= 11 is 5.90. The van der Waals surface area contributed by atoms with Crippen molar-refractivity contribution in [1.82, 2.24) is 0 Å². The van der Waals surface area contributed by atoms with Gasteiger partial charge in [-0.15, -0.1) is 0 Å². The Morgan fingerprint density at radius 2 is 2.08 bits per heavy atom. The molecule has 0 saturated carbocycles. The number of benzene rings is 1. The molecule has 1 aromatic carbocycles. The molecule has 3 nitrogen and oxygen atoms in total. The van der Waals surface area contributed by atoms with Gasteiger partial charge in [-0.1, -0.05) is 17.7 Å². The Labute approximate surface area is 81.4 Å². The van der Waals surface area contributed by atoms with Crippen molar-refractivity contribution in [2.45, 2.75) is 13.0 Å². The van der Waals surface area contributed by atoms with Gasteiger partial charge in [0, 0.05) is 11.6 Å². The standard InChI is InChI=1S/C9H10ClNO2/c1-5(11)6-2-3-7(10)9-8(6)12-4-13-9/h2-3,5H,4,11H2,1H3. The molecule has 0 amide bonds. The third kappa shape index (κ3) is 1.34. The highest BCUT2D eigenvalue weighted by molar-refractivity contribution is 6.32. The molecule has 1 atom stereocenters. The molecule has 0 fully saturated rings. The molecule has 0 bridgehead atoms. The van der Waals surface area contributed by atoms with Gasteiger partial charge in [-0.25, -0.2) is 0 Å². The van der Waals surface area contributed by atoms with E-state index in [0.717, 1.165) is 5.56 Å². The third-order valence-electron chi connectivity index (χ3n) is 1.99. The number of fused-ring (bicyclic) bond motifs is 1. The molecule has 0 radical (unpaired) electrons. The van der Waals surface area contributed by atoms with Crippen LogP contribution in [0.3, 0.4) is 0 Å². The van der Waals surface area contributed by atoms with Gasteiger partial charge in [-0.2, -0.15) is 0 Å². The molecule has 4 heteroatoms. The maximum Gasteiger partial charge on any atom is 0.231 e. The van der Waals surface area contributed by atoms with Crippen LogP contribution in [-0.2, 0) is 0 Å². The van der Waals surface area contributed by atoms with Gasteiger partial charge in [0.1, 0.15) is 0 Å². The first-order valence-corrected chi connectivity index (χ1v) is 4.41. The van der Waals surface area contributed by atoms with Gasteiger partial charge in [0.15, 0.2) is 11.5 Å². The van der Waals surface area contributed by atoms with E-state index in [9.17, 15) is 0 Å². The lowest BCUT2D eigenvalue weighted by Gasteiger charge is -2.09. The van der Waals surface area contributed by atoms with E-state index < -0.39 is 0 Å². The molecule has 0 aliphatic carbocycles. The van der Waals surface area contributed by atoms with Crippen LogP contribution in [0, 0.1) is 0 Å². The van der Waals surface area contributed by atoms with Gasteiger partial charge < -0.3 is 15.2 Å². The van der Waals surface area contributed by atoms with Gasteiger partial charge in [0.05, 0.1) is 5.02 Å². The second-order valence-corrected chi connectivity index (χ2v) is 3.40. The zero-order valence-electron chi connectivity index (χ0n) is 7.21.